The van der Waals surface area contributed by atoms with Gasteiger partial charge in [0.1, 0.15) is 0 Å². The molecule has 2 aromatic carbocycles. The standard InChI is InChI=1S/C21H23BrN4O2/c1-3-5-12-26(4-2)21(28)14-6-9-16(10-7-14)24-25-19-17-13-15(22)8-11-18(17)23-20(19)27/h6-11,13,23,27H,3-5,12H2,1-2H3. The lowest BCUT2D eigenvalue weighted by molar-refractivity contribution is 0.0762. The molecular formula is C21H23BrN4O2. The summed E-state index contributed by atoms with van der Waals surface area (Å²) >= 11 is 3.42. The Morgan fingerprint density at radius 2 is 1.89 bits per heavy atom. The monoisotopic (exact) mass is 442 g/mol. The van der Waals surface area contributed by atoms with Crippen molar-refractivity contribution in [2.75, 3.05) is 13.1 Å². The number of carbonyl (C=O) groups excluding carboxylic acids is 1. The van der Waals surface area contributed by atoms with Crippen LogP contribution in [-0.2, 0) is 0 Å². The highest BCUT2D eigenvalue weighted by molar-refractivity contribution is 9.10. The number of carbonyl (C=O) groups is 1. The zero-order valence-electron chi connectivity index (χ0n) is 15.9. The molecule has 1 aromatic heterocycles. The van der Waals surface area contributed by atoms with Gasteiger partial charge < -0.3 is 15.0 Å². The van der Waals surface area contributed by atoms with Crippen LogP contribution in [0.3, 0.4) is 0 Å². The Balaban J connectivity index is 1.78. The number of nitrogens with zero attached hydrogens (tertiary/aromatic N) is 3. The summed E-state index contributed by atoms with van der Waals surface area (Å²) in [6.07, 6.45) is 2.05. The molecule has 3 aromatic rings. The molecule has 1 heterocycles. The highest BCUT2D eigenvalue weighted by Crippen LogP contribution is 2.37. The van der Waals surface area contributed by atoms with E-state index in [0.29, 0.717) is 23.5 Å². The van der Waals surface area contributed by atoms with Crippen molar-refractivity contribution in [1.29, 1.82) is 0 Å². The highest BCUT2D eigenvalue weighted by atomic mass is 79.9. The summed E-state index contributed by atoms with van der Waals surface area (Å²) in [5.74, 6) is -0.00304. The molecule has 0 aliphatic rings. The van der Waals surface area contributed by atoms with E-state index in [-0.39, 0.29) is 11.8 Å². The summed E-state index contributed by atoms with van der Waals surface area (Å²) in [6.45, 7) is 5.56. The van der Waals surface area contributed by atoms with Crippen LogP contribution in [0.2, 0.25) is 0 Å². The third-order valence-corrected chi connectivity index (χ3v) is 5.04. The molecule has 0 fully saturated rings. The van der Waals surface area contributed by atoms with Crippen LogP contribution in [0.25, 0.3) is 10.9 Å². The van der Waals surface area contributed by atoms with Crippen molar-refractivity contribution in [3.05, 3.63) is 52.5 Å². The molecule has 7 heteroatoms. The molecule has 0 saturated carbocycles. The lowest BCUT2D eigenvalue weighted by Crippen LogP contribution is -2.31. The van der Waals surface area contributed by atoms with E-state index in [1.54, 1.807) is 24.3 Å². The molecule has 0 saturated heterocycles. The third-order valence-electron chi connectivity index (χ3n) is 4.54. The number of benzene rings is 2. The van der Waals surface area contributed by atoms with E-state index in [9.17, 15) is 9.90 Å². The van der Waals surface area contributed by atoms with Gasteiger partial charge in [-0.15, -0.1) is 5.11 Å². The first-order valence-electron chi connectivity index (χ1n) is 9.34. The Labute approximate surface area is 172 Å². The normalized spacial score (nSPS) is 11.4. The van der Waals surface area contributed by atoms with Gasteiger partial charge in [-0.2, -0.15) is 5.11 Å². The number of aromatic hydroxyl groups is 1. The summed E-state index contributed by atoms with van der Waals surface area (Å²) in [7, 11) is 0. The molecule has 28 heavy (non-hydrogen) atoms. The molecule has 0 bridgehead atoms. The van der Waals surface area contributed by atoms with Crippen LogP contribution >= 0.6 is 15.9 Å². The summed E-state index contributed by atoms with van der Waals surface area (Å²) in [5, 5.41) is 19.3. The second-order valence-electron chi connectivity index (χ2n) is 6.50. The van der Waals surface area contributed by atoms with Gasteiger partial charge in [-0.25, -0.2) is 0 Å². The first-order chi connectivity index (χ1) is 13.5. The van der Waals surface area contributed by atoms with E-state index in [2.05, 4.69) is 38.1 Å². The fourth-order valence-corrected chi connectivity index (χ4v) is 3.31. The number of unbranched alkanes of at least 4 members (excludes halogenated alkanes) is 1. The van der Waals surface area contributed by atoms with Gasteiger partial charge in [0.25, 0.3) is 5.91 Å². The van der Waals surface area contributed by atoms with Crippen molar-refractivity contribution in [2.45, 2.75) is 26.7 Å². The summed E-state index contributed by atoms with van der Waals surface area (Å²) in [5.41, 5.74) is 2.41. The smallest absolute Gasteiger partial charge is 0.253 e. The lowest BCUT2D eigenvalue weighted by atomic mass is 10.1. The van der Waals surface area contributed by atoms with E-state index in [1.165, 1.54) is 0 Å². The van der Waals surface area contributed by atoms with E-state index < -0.39 is 0 Å². The largest absolute Gasteiger partial charge is 0.493 e. The van der Waals surface area contributed by atoms with Crippen molar-refractivity contribution in [3.8, 4) is 5.88 Å². The Kier molecular flexibility index (Phi) is 6.46. The summed E-state index contributed by atoms with van der Waals surface area (Å²) < 4.78 is 0.891. The topological polar surface area (TPSA) is 81.1 Å². The van der Waals surface area contributed by atoms with Gasteiger partial charge in [0.2, 0.25) is 5.88 Å². The minimum atomic E-state index is -0.0295. The van der Waals surface area contributed by atoms with Gasteiger partial charge in [0.05, 0.1) is 11.2 Å². The molecule has 3 rings (SSSR count). The second kappa shape index (κ2) is 9.01. The number of rotatable bonds is 7. The van der Waals surface area contributed by atoms with E-state index in [1.807, 2.05) is 30.0 Å². The molecule has 6 nitrogen and oxygen atoms in total. The first-order valence-corrected chi connectivity index (χ1v) is 10.1. The zero-order chi connectivity index (χ0) is 20.1. The maximum Gasteiger partial charge on any atom is 0.253 e. The van der Waals surface area contributed by atoms with Crippen LogP contribution in [0, 0.1) is 0 Å². The van der Waals surface area contributed by atoms with Crippen molar-refractivity contribution >= 4 is 44.1 Å². The van der Waals surface area contributed by atoms with Gasteiger partial charge in [-0.3, -0.25) is 4.79 Å². The zero-order valence-corrected chi connectivity index (χ0v) is 17.5. The Hall–Kier alpha value is -2.67. The number of aromatic amines is 1. The Morgan fingerprint density at radius 3 is 2.57 bits per heavy atom. The first kappa shape index (κ1) is 20.1. The Morgan fingerprint density at radius 1 is 1.14 bits per heavy atom. The van der Waals surface area contributed by atoms with Crippen molar-refractivity contribution in [2.24, 2.45) is 10.2 Å². The van der Waals surface area contributed by atoms with Gasteiger partial charge in [-0.05, 0) is 55.8 Å². The van der Waals surface area contributed by atoms with Crippen LogP contribution < -0.4 is 0 Å². The molecule has 146 valence electrons. The highest BCUT2D eigenvalue weighted by Gasteiger charge is 2.14. The molecule has 0 unspecified atom stereocenters. The molecule has 0 radical (unpaired) electrons. The number of aromatic nitrogens is 1. The summed E-state index contributed by atoms with van der Waals surface area (Å²) in [4.78, 5) is 17.3. The quantitative estimate of drug-likeness (QED) is 0.420. The minimum Gasteiger partial charge on any atom is -0.493 e. The second-order valence-corrected chi connectivity index (χ2v) is 7.41. The predicted octanol–water partition coefficient (Wildman–Crippen LogP) is 6.31. The fraction of sp³-hybridized carbons (Fsp3) is 0.286. The van der Waals surface area contributed by atoms with E-state index >= 15 is 0 Å². The van der Waals surface area contributed by atoms with Crippen molar-refractivity contribution in [3.63, 3.8) is 0 Å². The van der Waals surface area contributed by atoms with Gasteiger partial charge in [-0.1, -0.05) is 29.3 Å². The Bertz CT molecular complexity index is 996. The molecule has 0 spiro atoms. The SMILES string of the molecule is CCCCN(CC)C(=O)c1ccc(N=Nc2c(O)[nH]c3ccc(Br)cc23)cc1. The number of hydrogen-bond acceptors (Lipinski definition) is 4. The number of fused-ring (bicyclic) bond motifs is 1. The third kappa shape index (κ3) is 4.42. The van der Waals surface area contributed by atoms with Gasteiger partial charge in [0.15, 0.2) is 5.69 Å². The van der Waals surface area contributed by atoms with E-state index in [0.717, 1.165) is 34.8 Å². The predicted molar refractivity (Wildman–Crippen MR) is 115 cm³/mol. The van der Waals surface area contributed by atoms with Gasteiger partial charge >= 0.3 is 0 Å². The average Bonchev–Trinajstić information content (AvgIpc) is 3.01. The average molecular weight is 443 g/mol. The van der Waals surface area contributed by atoms with Crippen LogP contribution in [0.1, 0.15) is 37.0 Å². The van der Waals surface area contributed by atoms with E-state index in [4.69, 9.17) is 0 Å². The van der Waals surface area contributed by atoms with Gasteiger partial charge in [0, 0.05) is 28.5 Å². The number of H-pyrrole nitrogens is 1. The lowest BCUT2D eigenvalue weighted by Gasteiger charge is -2.20. The van der Waals surface area contributed by atoms with Crippen LogP contribution in [-0.4, -0.2) is 34.0 Å². The van der Waals surface area contributed by atoms with Crippen LogP contribution in [0.4, 0.5) is 11.4 Å². The molecule has 2 N–H and O–H groups in total. The van der Waals surface area contributed by atoms with Crippen molar-refractivity contribution < 1.29 is 9.90 Å². The minimum absolute atomic E-state index is 0.0264. The maximum atomic E-state index is 12.6. The number of nitrogens with one attached hydrogen (secondary N) is 1. The molecule has 0 aliphatic carbocycles. The maximum absolute atomic E-state index is 12.6. The number of azo groups is 1. The number of amides is 1. The molecule has 1 amide bonds. The molecular weight excluding hydrogens is 420 g/mol. The van der Waals surface area contributed by atoms with Crippen LogP contribution in [0.5, 0.6) is 5.88 Å². The van der Waals surface area contributed by atoms with Crippen LogP contribution in [0.15, 0.2) is 57.2 Å². The number of halogens is 1. The molecule has 0 aliphatic heterocycles. The number of hydrogen-bond donors (Lipinski definition) is 2. The molecule has 0 atom stereocenters. The summed E-state index contributed by atoms with van der Waals surface area (Å²) in [6, 6.07) is 12.6. The van der Waals surface area contributed by atoms with Crippen molar-refractivity contribution in [1.82, 2.24) is 9.88 Å². The fourth-order valence-electron chi connectivity index (χ4n) is 2.95.